The Balaban J connectivity index is 1.94. The Morgan fingerprint density at radius 2 is 2.33 bits per heavy atom. The van der Waals surface area contributed by atoms with Crippen LogP contribution >= 0.6 is 0 Å². The van der Waals surface area contributed by atoms with Gasteiger partial charge in [-0.05, 0) is 19.1 Å². The molecule has 0 radical (unpaired) electrons. The van der Waals surface area contributed by atoms with Crippen LogP contribution in [0.4, 0.5) is 0 Å². The molecule has 96 valence electrons. The number of hydrogen-bond acceptors (Lipinski definition) is 4. The molecule has 18 heavy (non-hydrogen) atoms. The Morgan fingerprint density at radius 3 is 2.89 bits per heavy atom. The Kier molecular flexibility index (Phi) is 3.47. The van der Waals surface area contributed by atoms with Crippen molar-refractivity contribution in [3.8, 4) is 0 Å². The van der Waals surface area contributed by atoms with Gasteiger partial charge >= 0.3 is 5.97 Å². The summed E-state index contributed by atoms with van der Waals surface area (Å²) in [5, 5.41) is 16.1. The molecule has 2 aromatic rings. The third kappa shape index (κ3) is 2.60. The van der Waals surface area contributed by atoms with Crippen LogP contribution in [0.5, 0.6) is 0 Å². The fourth-order valence-corrected chi connectivity index (χ4v) is 1.70. The molecule has 2 aromatic heterocycles. The number of furan rings is 1. The van der Waals surface area contributed by atoms with Gasteiger partial charge in [-0.25, -0.2) is 4.79 Å². The maximum Gasteiger partial charge on any atom is 0.371 e. The van der Waals surface area contributed by atoms with E-state index in [1.165, 1.54) is 0 Å². The van der Waals surface area contributed by atoms with Crippen molar-refractivity contribution in [1.29, 1.82) is 0 Å². The zero-order chi connectivity index (χ0) is 13.1. The molecule has 6 nitrogen and oxygen atoms in total. The molecule has 2 N–H and O–H groups in total. The second kappa shape index (κ2) is 5.05. The van der Waals surface area contributed by atoms with E-state index < -0.39 is 5.97 Å². The van der Waals surface area contributed by atoms with E-state index in [0.717, 1.165) is 11.3 Å². The standard InChI is InChI=1S/C12H15N3O3/c1-8-9(5-11(18-8)12(16)17)6-13-7-10-3-4-14-15(10)2/h3-5,13H,6-7H2,1-2H3,(H,16,17). The van der Waals surface area contributed by atoms with E-state index in [9.17, 15) is 4.79 Å². The molecule has 0 aromatic carbocycles. The van der Waals surface area contributed by atoms with Crippen molar-refractivity contribution in [3.05, 3.63) is 41.1 Å². The molecule has 2 rings (SSSR count). The SMILES string of the molecule is Cc1oc(C(=O)O)cc1CNCc1ccnn1C. The first-order valence-electron chi connectivity index (χ1n) is 5.58. The molecule has 6 heteroatoms. The summed E-state index contributed by atoms with van der Waals surface area (Å²) < 4.78 is 6.92. The van der Waals surface area contributed by atoms with Crippen molar-refractivity contribution in [2.24, 2.45) is 7.05 Å². The number of nitrogens with one attached hydrogen (secondary N) is 1. The van der Waals surface area contributed by atoms with Crippen molar-refractivity contribution >= 4 is 5.97 Å². The lowest BCUT2D eigenvalue weighted by molar-refractivity contribution is 0.0661. The summed E-state index contributed by atoms with van der Waals surface area (Å²) in [6, 6.07) is 3.48. The Labute approximate surface area is 104 Å². The van der Waals surface area contributed by atoms with Crippen LogP contribution < -0.4 is 5.32 Å². The van der Waals surface area contributed by atoms with E-state index in [0.29, 0.717) is 18.8 Å². The van der Waals surface area contributed by atoms with Gasteiger partial charge in [0, 0.05) is 31.9 Å². The monoisotopic (exact) mass is 249 g/mol. The van der Waals surface area contributed by atoms with E-state index in [2.05, 4.69) is 10.4 Å². The molecule has 2 heterocycles. The topological polar surface area (TPSA) is 80.3 Å². The zero-order valence-electron chi connectivity index (χ0n) is 10.3. The van der Waals surface area contributed by atoms with Gasteiger partial charge in [0.15, 0.2) is 0 Å². The first kappa shape index (κ1) is 12.4. The summed E-state index contributed by atoms with van der Waals surface area (Å²) in [7, 11) is 1.88. The van der Waals surface area contributed by atoms with E-state index in [4.69, 9.17) is 9.52 Å². The molecular weight excluding hydrogens is 234 g/mol. The molecule has 0 saturated carbocycles. The summed E-state index contributed by atoms with van der Waals surface area (Å²) in [5.41, 5.74) is 1.92. The minimum absolute atomic E-state index is 0.0233. The molecular formula is C12H15N3O3. The molecule has 0 amide bonds. The maximum absolute atomic E-state index is 10.7. The minimum atomic E-state index is -1.05. The zero-order valence-corrected chi connectivity index (χ0v) is 10.3. The third-order valence-corrected chi connectivity index (χ3v) is 2.78. The van der Waals surface area contributed by atoms with Gasteiger partial charge in [0.05, 0.1) is 5.69 Å². The average molecular weight is 249 g/mol. The van der Waals surface area contributed by atoms with Crippen molar-refractivity contribution in [2.45, 2.75) is 20.0 Å². The number of aromatic carboxylic acids is 1. The third-order valence-electron chi connectivity index (χ3n) is 2.78. The second-order valence-corrected chi connectivity index (χ2v) is 4.05. The molecule has 0 bridgehead atoms. The molecule has 0 aliphatic rings. The van der Waals surface area contributed by atoms with Crippen LogP contribution in [-0.4, -0.2) is 20.9 Å². The molecule has 0 unspecified atom stereocenters. The fourth-order valence-electron chi connectivity index (χ4n) is 1.70. The first-order chi connectivity index (χ1) is 8.58. The number of rotatable bonds is 5. The fraction of sp³-hybridized carbons (Fsp3) is 0.333. The minimum Gasteiger partial charge on any atom is -0.475 e. The van der Waals surface area contributed by atoms with Crippen LogP contribution in [0.2, 0.25) is 0 Å². The normalized spacial score (nSPS) is 10.8. The smallest absolute Gasteiger partial charge is 0.371 e. The number of carboxylic acids is 1. The van der Waals surface area contributed by atoms with Crippen LogP contribution in [0.15, 0.2) is 22.7 Å². The molecule has 0 atom stereocenters. The van der Waals surface area contributed by atoms with Gasteiger partial charge in [-0.3, -0.25) is 4.68 Å². The number of nitrogens with zero attached hydrogens (tertiary/aromatic N) is 2. The summed E-state index contributed by atoms with van der Waals surface area (Å²) in [4.78, 5) is 10.7. The molecule has 0 fully saturated rings. The van der Waals surface area contributed by atoms with E-state index in [1.54, 1.807) is 23.9 Å². The average Bonchev–Trinajstić information content (AvgIpc) is 2.87. The highest BCUT2D eigenvalue weighted by atomic mass is 16.4. The van der Waals surface area contributed by atoms with Crippen molar-refractivity contribution in [3.63, 3.8) is 0 Å². The van der Waals surface area contributed by atoms with Crippen molar-refractivity contribution < 1.29 is 14.3 Å². The summed E-state index contributed by atoms with van der Waals surface area (Å²) in [6.45, 7) is 2.99. The van der Waals surface area contributed by atoms with E-state index in [1.807, 2.05) is 13.1 Å². The number of aryl methyl sites for hydroxylation is 2. The van der Waals surface area contributed by atoms with Gasteiger partial charge in [0.2, 0.25) is 5.76 Å². The lowest BCUT2D eigenvalue weighted by Crippen LogP contribution is -2.15. The lowest BCUT2D eigenvalue weighted by atomic mass is 10.2. The molecule has 0 aliphatic heterocycles. The van der Waals surface area contributed by atoms with Crippen LogP contribution in [0.25, 0.3) is 0 Å². The van der Waals surface area contributed by atoms with Crippen LogP contribution in [0.1, 0.15) is 27.6 Å². The van der Waals surface area contributed by atoms with Crippen LogP contribution in [0, 0.1) is 6.92 Å². The molecule has 0 spiro atoms. The Hall–Kier alpha value is -2.08. The molecule has 0 saturated heterocycles. The summed E-state index contributed by atoms with van der Waals surface area (Å²) >= 11 is 0. The summed E-state index contributed by atoms with van der Waals surface area (Å²) in [6.07, 6.45) is 1.74. The highest BCUT2D eigenvalue weighted by Gasteiger charge is 2.12. The number of hydrogen-bond donors (Lipinski definition) is 2. The van der Waals surface area contributed by atoms with Gasteiger partial charge in [-0.15, -0.1) is 0 Å². The van der Waals surface area contributed by atoms with Gasteiger partial charge in [0.25, 0.3) is 0 Å². The lowest BCUT2D eigenvalue weighted by Gasteiger charge is -2.04. The first-order valence-corrected chi connectivity index (χ1v) is 5.58. The predicted molar refractivity (Wildman–Crippen MR) is 64.2 cm³/mol. The quantitative estimate of drug-likeness (QED) is 0.835. The number of carboxylic acid groups (broad SMARTS) is 1. The van der Waals surface area contributed by atoms with Crippen LogP contribution in [-0.2, 0) is 20.1 Å². The van der Waals surface area contributed by atoms with Gasteiger partial charge in [0.1, 0.15) is 5.76 Å². The second-order valence-electron chi connectivity index (χ2n) is 4.05. The van der Waals surface area contributed by atoms with Crippen molar-refractivity contribution in [2.75, 3.05) is 0 Å². The number of carbonyl (C=O) groups is 1. The Morgan fingerprint density at radius 1 is 1.56 bits per heavy atom. The Bertz CT molecular complexity index is 557. The van der Waals surface area contributed by atoms with E-state index in [-0.39, 0.29) is 5.76 Å². The van der Waals surface area contributed by atoms with Gasteiger partial charge in [-0.1, -0.05) is 0 Å². The summed E-state index contributed by atoms with van der Waals surface area (Å²) in [5.74, 6) is -0.439. The van der Waals surface area contributed by atoms with Gasteiger partial charge < -0.3 is 14.8 Å². The molecule has 0 aliphatic carbocycles. The van der Waals surface area contributed by atoms with E-state index >= 15 is 0 Å². The van der Waals surface area contributed by atoms with Crippen molar-refractivity contribution in [1.82, 2.24) is 15.1 Å². The predicted octanol–water partition coefficient (Wildman–Crippen LogP) is 1.31. The largest absolute Gasteiger partial charge is 0.475 e. The number of aromatic nitrogens is 2. The van der Waals surface area contributed by atoms with Gasteiger partial charge in [-0.2, -0.15) is 5.10 Å². The highest BCUT2D eigenvalue weighted by molar-refractivity contribution is 5.84. The van der Waals surface area contributed by atoms with Crippen LogP contribution in [0.3, 0.4) is 0 Å². The highest BCUT2D eigenvalue weighted by Crippen LogP contribution is 2.14. The maximum atomic E-state index is 10.7.